The van der Waals surface area contributed by atoms with Gasteiger partial charge in [-0.25, -0.2) is 0 Å². The number of rotatable bonds is 6. The maximum atomic E-state index is 12.3. The van der Waals surface area contributed by atoms with Crippen molar-refractivity contribution in [2.24, 2.45) is 0 Å². The molecule has 0 fully saturated rings. The molecular formula is C14H22N2O2. The van der Waals surface area contributed by atoms with E-state index in [1.807, 2.05) is 6.92 Å². The van der Waals surface area contributed by atoms with Crippen LogP contribution in [0.2, 0.25) is 0 Å². The molecular weight excluding hydrogens is 228 g/mol. The molecule has 0 saturated heterocycles. The Hall–Kier alpha value is -1.55. The van der Waals surface area contributed by atoms with E-state index in [1.165, 1.54) is 0 Å². The van der Waals surface area contributed by atoms with Crippen LogP contribution < -0.4 is 10.5 Å². The molecule has 0 aliphatic rings. The third kappa shape index (κ3) is 3.01. The van der Waals surface area contributed by atoms with Crippen LogP contribution in [0, 0.1) is 0 Å². The van der Waals surface area contributed by atoms with E-state index < -0.39 is 0 Å². The van der Waals surface area contributed by atoms with Gasteiger partial charge in [0, 0.05) is 5.56 Å². The number of ketones is 1. The van der Waals surface area contributed by atoms with Gasteiger partial charge in [-0.15, -0.1) is 0 Å². The summed E-state index contributed by atoms with van der Waals surface area (Å²) in [5, 5.41) is 0. The Labute approximate surface area is 109 Å². The molecule has 4 heteroatoms. The summed E-state index contributed by atoms with van der Waals surface area (Å²) >= 11 is 0. The second-order valence-electron chi connectivity index (χ2n) is 4.22. The lowest BCUT2D eigenvalue weighted by Gasteiger charge is -2.25. The minimum absolute atomic E-state index is 0.0908. The highest BCUT2D eigenvalue weighted by Gasteiger charge is 2.20. The van der Waals surface area contributed by atoms with Crippen molar-refractivity contribution in [1.82, 2.24) is 4.90 Å². The lowest BCUT2D eigenvalue weighted by atomic mass is 10.0. The van der Waals surface area contributed by atoms with E-state index in [-0.39, 0.29) is 11.8 Å². The molecule has 0 aliphatic carbocycles. The number of carbonyl (C=O) groups excluding carboxylic acids is 1. The molecule has 1 atom stereocenters. The lowest BCUT2D eigenvalue weighted by molar-refractivity contribution is 0.0851. The van der Waals surface area contributed by atoms with Crippen molar-refractivity contribution in [2.75, 3.05) is 25.9 Å². The fourth-order valence-corrected chi connectivity index (χ4v) is 2.07. The lowest BCUT2D eigenvalue weighted by Crippen LogP contribution is -2.38. The number of nitrogens with zero attached hydrogens (tertiary/aromatic N) is 1. The van der Waals surface area contributed by atoms with E-state index >= 15 is 0 Å². The molecule has 1 aromatic rings. The second kappa shape index (κ2) is 6.40. The topological polar surface area (TPSA) is 55.6 Å². The van der Waals surface area contributed by atoms with Crippen molar-refractivity contribution in [1.29, 1.82) is 0 Å². The van der Waals surface area contributed by atoms with Crippen LogP contribution in [0.15, 0.2) is 18.2 Å². The van der Waals surface area contributed by atoms with Gasteiger partial charge in [0.2, 0.25) is 0 Å². The van der Waals surface area contributed by atoms with Crippen molar-refractivity contribution in [3.05, 3.63) is 23.8 Å². The number of hydrogen-bond acceptors (Lipinski definition) is 4. The van der Waals surface area contributed by atoms with E-state index in [9.17, 15) is 4.79 Å². The highest BCUT2D eigenvalue weighted by molar-refractivity contribution is 6.00. The van der Waals surface area contributed by atoms with Crippen LogP contribution in [-0.4, -0.2) is 36.9 Å². The van der Waals surface area contributed by atoms with Crippen LogP contribution in [0.5, 0.6) is 5.75 Å². The Balaban J connectivity index is 2.93. The molecule has 1 rings (SSSR count). The monoisotopic (exact) mass is 250 g/mol. The van der Waals surface area contributed by atoms with Gasteiger partial charge >= 0.3 is 0 Å². The molecule has 0 aromatic heterocycles. The summed E-state index contributed by atoms with van der Waals surface area (Å²) in [4.78, 5) is 14.4. The number of benzene rings is 1. The molecule has 0 bridgehead atoms. The van der Waals surface area contributed by atoms with E-state index in [0.717, 1.165) is 13.1 Å². The van der Waals surface area contributed by atoms with Crippen molar-refractivity contribution in [3.8, 4) is 5.75 Å². The summed E-state index contributed by atoms with van der Waals surface area (Å²) < 4.78 is 5.08. The third-order valence-corrected chi connectivity index (χ3v) is 3.25. The molecule has 1 aromatic carbocycles. The summed E-state index contributed by atoms with van der Waals surface area (Å²) in [6.07, 6.45) is 0. The molecule has 100 valence electrons. The molecule has 0 radical (unpaired) electrons. The first-order chi connectivity index (χ1) is 8.54. The van der Waals surface area contributed by atoms with E-state index in [0.29, 0.717) is 17.0 Å². The fourth-order valence-electron chi connectivity index (χ4n) is 2.07. The molecule has 18 heavy (non-hydrogen) atoms. The van der Waals surface area contributed by atoms with Crippen molar-refractivity contribution in [2.45, 2.75) is 26.8 Å². The minimum Gasteiger partial charge on any atom is -0.495 e. The average molecular weight is 250 g/mol. The van der Waals surface area contributed by atoms with Crippen LogP contribution in [0.3, 0.4) is 0 Å². The number of methoxy groups -OCH3 is 1. The van der Waals surface area contributed by atoms with Crippen molar-refractivity contribution < 1.29 is 9.53 Å². The largest absolute Gasteiger partial charge is 0.495 e. The van der Waals surface area contributed by atoms with E-state index in [1.54, 1.807) is 25.3 Å². The number of Topliss-reactive ketones (excluding diaryl/α,β-unsaturated/α-hetero) is 1. The minimum atomic E-state index is -0.132. The smallest absolute Gasteiger partial charge is 0.179 e. The summed E-state index contributed by atoms with van der Waals surface area (Å²) in [6, 6.07) is 5.05. The highest BCUT2D eigenvalue weighted by atomic mass is 16.5. The van der Waals surface area contributed by atoms with Crippen LogP contribution in [0.4, 0.5) is 5.69 Å². The average Bonchev–Trinajstić information content (AvgIpc) is 2.39. The first-order valence-electron chi connectivity index (χ1n) is 6.26. The third-order valence-electron chi connectivity index (χ3n) is 3.25. The van der Waals surface area contributed by atoms with Crippen LogP contribution in [0.1, 0.15) is 31.1 Å². The van der Waals surface area contributed by atoms with Crippen LogP contribution >= 0.6 is 0 Å². The summed E-state index contributed by atoms with van der Waals surface area (Å²) in [5.74, 6) is 0.690. The second-order valence-corrected chi connectivity index (χ2v) is 4.22. The van der Waals surface area contributed by atoms with Crippen LogP contribution in [0.25, 0.3) is 0 Å². The van der Waals surface area contributed by atoms with Gasteiger partial charge in [-0.05, 0) is 38.2 Å². The normalized spacial score (nSPS) is 12.5. The summed E-state index contributed by atoms with van der Waals surface area (Å²) in [6.45, 7) is 7.74. The van der Waals surface area contributed by atoms with Gasteiger partial charge in [0.15, 0.2) is 5.78 Å². The summed E-state index contributed by atoms with van der Waals surface area (Å²) in [5.41, 5.74) is 6.95. The number of anilines is 1. The van der Waals surface area contributed by atoms with Gasteiger partial charge in [-0.1, -0.05) is 13.8 Å². The number of nitrogen functional groups attached to an aromatic ring is 1. The Kier molecular flexibility index (Phi) is 5.16. The quantitative estimate of drug-likeness (QED) is 0.621. The first-order valence-corrected chi connectivity index (χ1v) is 6.26. The molecule has 0 aliphatic heterocycles. The predicted octanol–water partition coefficient (Wildman–Crippen LogP) is 2.19. The fraction of sp³-hybridized carbons (Fsp3) is 0.500. The standard InChI is InChI=1S/C14H22N2O2/c1-5-16(6-2)10(3)14(17)11-7-8-13(18-4)12(15)9-11/h7-10H,5-6,15H2,1-4H3. The maximum absolute atomic E-state index is 12.3. The van der Waals surface area contributed by atoms with Crippen molar-refractivity contribution in [3.63, 3.8) is 0 Å². The number of nitrogens with two attached hydrogens (primary N) is 1. The predicted molar refractivity (Wildman–Crippen MR) is 74.1 cm³/mol. The van der Waals surface area contributed by atoms with Crippen LogP contribution in [-0.2, 0) is 0 Å². The van der Waals surface area contributed by atoms with Gasteiger partial charge in [0.25, 0.3) is 0 Å². The molecule has 0 saturated carbocycles. The Morgan fingerprint density at radius 2 is 2.00 bits per heavy atom. The van der Waals surface area contributed by atoms with Gasteiger partial charge in [-0.2, -0.15) is 0 Å². The van der Waals surface area contributed by atoms with Gasteiger partial charge < -0.3 is 10.5 Å². The number of likely N-dealkylation sites (N-methyl/N-ethyl adjacent to an activating group) is 1. The zero-order valence-electron chi connectivity index (χ0n) is 11.6. The zero-order chi connectivity index (χ0) is 13.7. The summed E-state index contributed by atoms with van der Waals surface area (Å²) in [7, 11) is 1.56. The molecule has 2 N–H and O–H groups in total. The maximum Gasteiger partial charge on any atom is 0.179 e. The first kappa shape index (κ1) is 14.5. The van der Waals surface area contributed by atoms with Gasteiger partial charge in [0.05, 0.1) is 18.8 Å². The SMILES string of the molecule is CCN(CC)C(C)C(=O)c1ccc(OC)c(N)c1. The Morgan fingerprint density at radius 1 is 1.39 bits per heavy atom. The van der Waals surface area contributed by atoms with E-state index in [2.05, 4.69) is 18.7 Å². The van der Waals surface area contributed by atoms with E-state index in [4.69, 9.17) is 10.5 Å². The zero-order valence-corrected chi connectivity index (χ0v) is 11.6. The van der Waals surface area contributed by atoms with Crippen molar-refractivity contribution >= 4 is 11.5 Å². The molecule has 0 amide bonds. The number of carbonyl (C=O) groups is 1. The molecule has 0 spiro atoms. The van der Waals surface area contributed by atoms with Gasteiger partial charge in [0.1, 0.15) is 5.75 Å². The Morgan fingerprint density at radius 3 is 2.44 bits per heavy atom. The molecule has 1 unspecified atom stereocenters. The molecule has 4 nitrogen and oxygen atoms in total. The Bertz CT molecular complexity index is 414. The highest BCUT2D eigenvalue weighted by Crippen LogP contribution is 2.23. The number of hydrogen-bond donors (Lipinski definition) is 1. The van der Waals surface area contributed by atoms with Gasteiger partial charge in [-0.3, -0.25) is 9.69 Å². The number of ether oxygens (including phenoxy) is 1. The molecule has 0 heterocycles.